The molecule has 2 heterocycles. The van der Waals surface area contributed by atoms with Gasteiger partial charge in [0.15, 0.2) is 0 Å². The van der Waals surface area contributed by atoms with Crippen molar-refractivity contribution in [3.63, 3.8) is 0 Å². The van der Waals surface area contributed by atoms with Crippen molar-refractivity contribution >= 4 is 17.6 Å². The molecule has 0 spiro atoms. The maximum Gasteiger partial charge on any atom is 0.306 e. The van der Waals surface area contributed by atoms with Crippen molar-refractivity contribution in [2.24, 2.45) is 0 Å². The normalized spacial score (nSPS) is 26.4. The standard InChI is InChI=1S/C17H22ClNO3/c1-2-7-21-16(20)6-3-12-8-13(4-5-15(12)18)17-9-14(10-22-17)19-11-17/h4-5,8,14,19H,2-3,6-7,9-11H2,1H3. The van der Waals surface area contributed by atoms with E-state index in [1.54, 1.807) is 0 Å². The fourth-order valence-corrected chi connectivity index (χ4v) is 3.43. The molecule has 5 heteroatoms. The molecule has 0 amide bonds. The van der Waals surface area contributed by atoms with Crippen LogP contribution in [-0.4, -0.2) is 31.8 Å². The number of carbonyl (C=O) groups excluding carboxylic acids is 1. The zero-order valence-corrected chi connectivity index (χ0v) is 13.6. The zero-order chi connectivity index (χ0) is 15.6. The van der Waals surface area contributed by atoms with Crippen LogP contribution in [0.25, 0.3) is 0 Å². The molecule has 0 aromatic heterocycles. The molecule has 1 N–H and O–H groups in total. The minimum atomic E-state index is -0.216. The first-order valence-corrected chi connectivity index (χ1v) is 8.32. The largest absolute Gasteiger partial charge is 0.466 e. The predicted octanol–water partition coefficient (Wildman–Crippen LogP) is 2.81. The lowest BCUT2D eigenvalue weighted by Gasteiger charge is -2.27. The molecule has 2 aliphatic heterocycles. The summed E-state index contributed by atoms with van der Waals surface area (Å²) < 4.78 is 11.1. The van der Waals surface area contributed by atoms with Crippen LogP contribution in [0, 0.1) is 0 Å². The number of halogens is 1. The van der Waals surface area contributed by atoms with Crippen molar-refractivity contribution in [1.82, 2.24) is 5.32 Å². The van der Waals surface area contributed by atoms with Crippen LogP contribution in [0.3, 0.4) is 0 Å². The second kappa shape index (κ2) is 6.57. The molecule has 4 nitrogen and oxygen atoms in total. The Morgan fingerprint density at radius 2 is 2.41 bits per heavy atom. The Bertz CT molecular complexity index is 553. The highest BCUT2D eigenvalue weighted by Crippen LogP contribution is 2.41. The highest BCUT2D eigenvalue weighted by Gasteiger charge is 2.47. The predicted molar refractivity (Wildman–Crippen MR) is 85.1 cm³/mol. The Hall–Kier alpha value is -1.10. The van der Waals surface area contributed by atoms with Gasteiger partial charge in [-0.15, -0.1) is 0 Å². The fraction of sp³-hybridized carbons (Fsp3) is 0.588. The molecule has 3 rings (SSSR count). The van der Waals surface area contributed by atoms with Crippen molar-refractivity contribution in [2.45, 2.75) is 44.2 Å². The maximum atomic E-state index is 11.7. The summed E-state index contributed by atoms with van der Waals surface area (Å²) in [5.41, 5.74) is 1.93. The number of aryl methyl sites for hydroxylation is 1. The number of benzene rings is 1. The van der Waals surface area contributed by atoms with Crippen LogP contribution < -0.4 is 5.32 Å². The first kappa shape index (κ1) is 15.8. The first-order valence-electron chi connectivity index (χ1n) is 7.95. The number of rotatable bonds is 6. The van der Waals surface area contributed by atoms with E-state index in [1.807, 2.05) is 19.1 Å². The molecule has 22 heavy (non-hydrogen) atoms. The number of carbonyl (C=O) groups is 1. The topological polar surface area (TPSA) is 47.6 Å². The zero-order valence-electron chi connectivity index (χ0n) is 12.9. The molecule has 0 aliphatic carbocycles. The van der Waals surface area contributed by atoms with Crippen LogP contribution in [0.1, 0.15) is 37.3 Å². The average Bonchev–Trinajstić information content (AvgIpc) is 3.14. The van der Waals surface area contributed by atoms with E-state index >= 15 is 0 Å². The van der Waals surface area contributed by atoms with Crippen LogP contribution in [0.2, 0.25) is 5.02 Å². The molecule has 120 valence electrons. The van der Waals surface area contributed by atoms with Crippen LogP contribution in [0.5, 0.6) is 0 Å². The average molecular weight is 324 g/mol. The molecular formula is C17H22ClNO3. The second-order valence-corrected chi connectivity index (χ2v) is 6.52. The van der Waals surface area contributed by atoms with Gasteiger partial charge < -0.3 is 14.8 Å². The highest BCUT2D eigenvalue weighted by atomic mass is 35.5. The minimum Gasteiger partial charge on any atom is -0.466 e. The lowest BCUT2D eigenvalue weighted by molar-refractivity contribution is -0.143. The van der Waals surface area contributed by atoms with E-state index in [1.165, 1.54) is 0 Å². The SMILES string of the molecule is CCCOC(=O)CCc1cc(C23CNC(CO2)C3)ccc1Cl. The molecular weight excluding hydrogens is 302 g/mol. The van der Waals surface area contributed by atoms with Crippen molar-refractivity contribution < 1.29 is 14.3 Å². The van der Waals surface area contributed by atoms with Gasteiger partial charge in [-0.2, -0.15) is 0 Å². The van der Waals surface area contributed by atoms with Gasteiger partial charge in [-0.05, 0) is 36.5 Å². The molecule has 2 unspecified atom stereocenters. The van der Waals surface area contributed by atoms with E-state index in [2.05, 4.69) is 11.4 Å². The van der Waals surface area contributed by atoms with E-state index in [-0.39, 0.29) is 11.6 Å². The molecule has 0 saturated carbocycles. The quantitative estimate of drug-likeness (QED) is 0.818. The van der Waals surface area contributed by atoms with Gasteiger partial charge in [0.05, 0.1) is 13.2 Å². The molecule has 1 aromatic carbocycles. The molecule has 2 bridgehead atoms. The Labute approximate surface area is 136 Å². The Kier molecular flexibility index (Phi) is 4.71. The summed E-state index contributed by atoms with van der Waals surface area (Å²) in [5.74, 6) is -0.166. The Morgan fingerprint density at radius 1 is 1.55 bits per heavy atom. The summed E-state index contributed by atoms with van der Waals surface area (Å²) in [6, 6.07) is 6.50. The summed E-state index contributed by atoms with van der Waals surface area (Å²) >= 11 is 6.28. The van der Waals surface area contributed by atoms with Gasteiger partial charge in [0.25, 0.3) is 0 Å². The summed E-state index contributed by atoms with van der Waals surface area (Å²) in [6.07, 6.45) is 2.81. The third-order valence-electron chi connectivity index (χ3n) is 4.45. The first-order chi connectivity index (χ1) is 10.6. The number of morpholine rings is 1. The number of hydrogen-bond donors (Lipinski definition) is 1. The van der Waals surface area contributed by atoms with Crippen molar-refractivity contribution in [3.8, 4) is 0 Å². The fourth-order valence-electron chi connectivity index (χ4n) is 3.22. The molecule has 1 aromatic rings. The molecule has 2 saturated heterocycles. The van der Waals surface area contributed by atoms with Gasteiger partial charge in [-0.25, -0.2) is 0 Å². The van der Waals surface area contributed by atoms with E-state index < -0.39 is 0 Å². The van der Waals surface area contributed by atoms with Crippen LogP contribution in [0.4, 0.5) is 0 Å². The van der Waals surface area contributed by atoms with E-state index in [9.17, 15) is 4.79 Å². The number of hydrogen-bond acceptors (Lipinski definition) is 4. The minimum absolute atomic E-state index is 0.166. The number of fused-ring (bicyclic) bond motifs is 2. The van der Waals surface area contributed by atoms with Crippen LogP contribution in [-0.2, 0) is 26.3 Å². The maximum absolute atomic E-state index is 11.7. The van der Waals surface area contributed by atoms with E-state index in [0.29, 0.717) is 30.5 Å². The lowest BCUT2D eigenvalue weighted by Crippen LogP contribution is -2.37. The third kappa shape index (κ3) is 3.14. The van der Waals surface area contributed by atoms with Crippen molar-refractivity contribution in [1.29, 1.82) is 0 Å². The Morgan fingerprint density at radius 3 is 3.05 bits per heavy atom. The highest BCUT2D eigenvalue weighted by molar-refractivity contribution is 6.31. The molecule has 2 aliphatic rings. The van der Waals surface area contributed by atoms with Gasteiger partial charge in [0.1, 0.15) is 5.60 Å². The van der Waals surface area contributed by atoms with Gasteiger partial charge in [-0.1, -0.05) is 30.7 Å². The van der Waals surface area contributed by atoms with Gasteiger partial charge in [0.2, 0.25) is 0 Å². The van der Waals surface area contributed by atoms with Crippen molar-refractivity contribution in [3.05, 3.63) is 34.3 Å². The monoisotopic (exact) mass is 323 g/mol. The van der Waals surface area contributed by atoms with Crippen LogP contribution >= 0.6 is 11.6 Å². The summed E-state index contributed by atoms with van der Waals surface area (Å²) in [5, 5.41) is 4.17. The van der Waals surface area contributed by atoms with Gasteiger partial charge >= 0.3 is 5.97 Å². The summed E-state index contributed by atoms with van der Waals surface area (Å²) in [7, 11) is 0. The summed E-state index contributed by atoms with van der Waals surface area (Å²) in [6.45, 7) is 4.08. The van der Waals surface area contributed by atoms with Crippen molar-refractivity contribution in [2.75, 3.05) is 19.8 Å². The summed E-state index contributed by atoms with van der Waals surface area (Å²) in [4.78, 5) is 11.7. The lowest BCUT2D eigenvalue weighted by atomic mass is 9.91. The third-order valence-corrected chi connectivity index (χ3v) is 4.82. The van der Waals surface area contributed by atoms with Crippen LogP contribution in [0.15, 0.2) is 18.2 Å². The van der Waals surface area contributed by atoms with E-state index in [0.717, 1.165) is 37.1 Å². The van der Waals surface area contributed by atoms with Gasteiger partial charge in [-0.3, -0.25) is 4.79 Å². The molecule has 2 atom stereocenters. The molecule has 0 radical (unpaired) electrons. The van der Waals surface area contributed by atoms with Gasteiger partial charge in [0, 0.05) is 24.0 Å². The Balaban J connectivity index is 1.69. The van der Waals surface area contributed by atoms with E-state index in [4.69, 9.17) is 21.1 Å². The smallest absolute Gasteiger partial charge is 0.306 e. The number of ether oxygens (including phenoxy) is 2. The number of nitrogens with one attached hydrogen (secondary N) is 1. The number of esters is 1. The molecule has 2 fully saturated rings. The second-order valence-electron chi connectivity index (χ2n) is 6.11.